The van der Waals surface area contributed by atoms with E-state index >= 15 is 0 Å². The number of sulfone groups is 1. The normalized spacial score (nSPS) is 27.0. The molecule has 0 radical (unpaired) electrons. The fourth-order valence-electron chi connectivity index (χ4n) is 2.59. The van der Waals surface area contributed by atoms with E-state index in [0.717, 1.165) is 0 Å². The third-order valence-corrected chi connectivity index (χ3v) is 5.05. The molecule has 0 aromatic heterocycles. The van der Waals surface area contributed by atoms with Gasteiger partial charge in [-0.2, -0.15) is 0 Å². The van der Waals surface area contributed by atoms with E-state index in [2.05, 4.69) is 10.6 Å². The largest absolute Gasteiger partial charge is 0.347 e. The lowest BCUT2D eigenvalue weighted by atomic mass is 9.95. The zero-order valence-electron chi connectivity index (χ0n) is 10.9. The van der Waals surface area contributed by atoms with Crippen LogP contribution in [0.3, 0.4) is 0 Å². The molecule has 1 unspecified atom stereocenters. The van der Waals surface area contributed by atoms with Gasteiger partial charge in [0.15, 0.2) is 9.84 Å². The van der Waals surface area contributed by atoms with E-state index in [0.29, 0.717) is 13.0 Å². The van der Waals surface area contributed by atoms with Gasteiger partial charge >= 0.3 is 0 Å². The molecule has 5 nitrogen and oxygen atoms in total. The summed E-state index contributed by atoms with van der Waals surface area (Å²) in [7, 11) is -3.14. The second-order valence-corrected chi connectivity index (χ2v) is 7.11. The summed E-state index contributed by atoms with van der Waals surface area (Å²) in [5, 5.41) is 7.12. The average Bonchev–Trinajstić information content (AvgIpc) is 2.77. The summed E-state index contributed by atoms with van der Waals surface area (Å²) >= 11 is 0. The number of benzene rings is 1. The van der Waals surface area contributed by atoms with Crippen LogP contribution in [0.5, 0.6) is 0 Å². The van der Waals surface area contributed by atoms with Crippen LogP contribution in [0.25, 0.3) is 0 Å². The molecule has 2 heterocycles. The molecule has 0 saturated heterocycles. The highest BCUT2D eigenvalue weighted by Gasteiger charge is 2.28. The summed E-state index contributed by atoms with van der Waals surface area (Å²) in [6, 6.07) is 7.30. The monoisotopic (exact) mass is 292 g/mol. The number of carbonyl (C=O) groups is 1. The quantitative estimate of drug-likeness (QED) is 0.812. The number of nitrogens with one attached hydrogen (secondary N) is 2. The van der Waals surface area contributed by atoms with Gasteiger partial charge in [-0.3, -0.25) is 4.79 Å². The second kappa shape index (κ2) is 5.03. The van der Waals surface area contributed by atoms with Crippen LogP contribution < -0.4 is 10.6 Å². The molecular weight excluding hydrogens is 276 g/mol. The van der Waals surface area contributed by atoms with Gasteiger partial charge in [-0.25, -0.2) is 8.42 Å². The first-order chi connectivity index (χ1) is 9.53. The molecule has 1 aromatic rings. The summed E-state index contributed by atoms with van der Waals surface area (Å²) in [5.41, 5.74) is 2.38. The molecule has 2 aliphatic rings. The van der Waals surface area contributed by atoms with E-state index in [9.17, 15) is 13.2 Å². The van der Waals surface area contributed by atoms with Crippen molar-refractivity contribution in [3.8, 4) is 0 Å². The van der Waals surface area contributed by atoms with Gasteiger partial charge in [-0.1, -0.05) is 24.3 Å². The van der Waals surface area contributed by atoms with Crippen molar-refractivity contribution in [2.24, 2.45) is 0 Å². The van der Waals surface area contributed by atoms with Crippen LogP contribution in [0, 0.1) is 0 Å². The molecule has 0 fully saturated rings. The summed E-state index contributed by atoms with van der Waals surface area (Å²) in [5.74, 6) is -0.187. The average molecular weight is 292 g/mol. The van der Waals surface area contributed by atoms with Crippen molar-refractivity contribution in [2.75, 3.05) is 5.75 Å². The van der Waals surface area contributed by atoms with Crippen molar-refractivity contribution in [2.45, 2.75) is 25.0 Å². The molecule has 3 rings (SSSR count). The van der Waals surface area contributed by atoms with Crippen molar-refractivity contribution in [1.82, 2.24) is 10.6 Å². The standard InChI is InChI=1S/C14H16N2O3S/c17-14(16-12-5-6-20(18,19)9-12)13-7-10-3-1-2-4-11(10)8-15-13/h1-6,12-13,15H,7-9H2,(H,16,17)/t12?,13-/m0/s1. The maximum atomic E-state index is 12.2. The Balaban J connectivity index is 1.64. The van der Waals surface area contributed by atoms with Crippen LogP contribution in [0.2, 0.25) is 0 Å². The zero-order valence-corrected chi connectivity index (χ0v) is 11.7. The van der Waals surface area contributed by atoms with Crippen LogP contribution in [-0.2, 0) is 27.6 Å². The first-order valence-electron chi connectivity index (χ1n) is 6.55. The van der Waals surface area contributed by atoms with E-state index in [4.69, 9.17) is 0 Å². The van der Waals surface area contributed by atoms with Gasteiger partial charge in [-0.05, 0) is 23.6 Å². The summed E-state index contributed by atoms with van der Waals surface area (Å²) in [4.78, 5) is 12.2. The molecule has 1 aromatic carbocycles. The Morgan fingerprint density at radius 1 is 1.25 bits per heavy atom. The Morgan fingerprint density at radius 3 is 2.70 bits per heavy atom. The van der Waals surface area contributed by atoms with Crippen molar-refractivity contribution in [1.29, 1.82) is 0 Å². The Kier molecular flexibility index (Phi) is 3.35. The topological polar surface area (TPSA) is 75.3 Å². The third-order valence-electron chi connectivity index (χ3n) is 3.66. The number of fused-ring (bicyclic) bond motifs is 1. The minimum absolute atomic E-state index is 0.0396. The Labute approximate surface area is 118 Å². The van der Waals surface area contributed by atoms with Gasteiger partial charge < -0.3 is 10.6 Å². The van der Waals surface area contributed by atoms with E-state index < -0.39 is 15.9 Å². The van der Waals surface area contributed by atoms with E-state index in [1.165, 1.54) is 22.6 Å². The van der Waals surface area contributed by atoms with Gasteiger partial charge in [0.1, 0.15) is 0 Å². The predicted octanol–water partition coefficient (Wildman–Crippen LogP) is 0.128. The molecule has 2 atom stereocenters. The van der Waals surface area contributed by atoms with Crippen LogP contribution >= 0.6 is 0 Å². The molecule has 1 amide bonds. The number of carbonyl (C=O) groups excluding carboxylic acids is 1. The fourth-order valence-corrected chi connectivity index (χ4v) is 3.82. The first kappa shape index (κ1) is 13.3. The smallest absolute Gasteiger partial charge is 0.237 e. The molecule has 0 bridgehead atoms. The Hall–Kier alpha value is -1.66. The molecule has 6 heteroatoms. The molecule has 2 N–H and O–H groups in total. The molecular formula is C14H16N2O3S. The lowest BCUT2D eigenvalue weighted by molar-refractivity contribution is -0.123. The molecule has 0 spiro atoms. The van der Waals surface area contributed by atoms with E-state index in [1.807, 2.05) is 24.3 Å². The SMILES string of the molecule is O=C(NC1C=CS(=O)(=O)C1)[C@@H]1Cc2ccccc2CN1. The van der Waals surface area contributed by atoms with E-state index in [-0.39, 0.29) is 17.7 Å². The molecule has 106 valence electrons. The van der Waals surface area contributed by atoms with Gasteiger partial charge in [0.2, 0.25) is 5.91 Å². The third kappa shape index (κ3) is 2.76. The summed E-state index contributed by atoms with van der Waals surface area (Å²) in [6.45, 7) is 0.660. The van der Waals surface area contributed by atoms with Crippen molar-refractivity contribution >= 4 is 15.7 Å². The van der Waals surface area contributed by atoms with Crippen molar-refractivity contribution in [3.05, 3.63) is 46.9 Å². The molecule has 0 aliphatic carbocycles. The summed E-state index contributed by atoms with van der Waals surface area (Å²) < 4.78 is 22.6. The first-order valence-corrected chi connectivity index (χ1v) is 8.26. The number of rotatable bonds is 2. The number of hydrogen-bond donors (Lipinski definition) is 2. The van der Waals surface area contributed by atoms with Crippen LogP contribution in [0.15, 0.2) is 35.7 Å². The van der Waals surface area contributed by atoms with Gasteiger partial charge in [0, 0.05) is 12.0 Å². The lowest BCUT2D eigenvalue weighted by Crippen LogP contribution is -2.50. The second-order valence-electron chi connectivity index (χ2n) is 5.18. The Morgan fingerprint density at radius 2 is 2.00 bits per heavy atom. The maximum Gasteiger partial charge on any atom is 0.237 e. The fraction of sp³-hybridized carbons (Fsp3) is 0.357. The maximum absolute atomic E-state index is 12.2. The van der Waals surface area contributed by atoms with Crippen LogP contribution in [-0.4, -0.2) is 32.2 Å². The van der Waals surface area contributed by atoms with Crippen molar-refractivity contribution in [3.63, 3.8) is 0 Å². The minimum atomic E-state index is -3.14. The van der Waals surface area contributed by atoms with Crippen molar-refractivity contribution < 1.29 is 13.2 Å². The highest BCUT2D eigenvalue weighted by atomic mass is 32.2. The number of hydrogen-bond acceptors (Lipinski definition) is 4. The Bertz CT molecular complexity index is 667. The molecule has 20 heavy (non-hydrogen) atoms. The van der Waals surface area contributed by atoms with Crippen LogP contribution in [0.4, 0.5) is 0 Å². The van der Waals surface area contributed by atoms with Gasteiger partial charge in [-0.15, -0.1) is 0 Å². The lowest BCUT2D eigenvalue weighted by Gasteiger charge is -2.26. The minimum Gasteiger partial charge on any atom is -0.347 e. The van der Waals surface area contributed by atoms with Crippen LogP contribution in [0.1, 0.15) is 11.1 Å². The van der Waals surface area contributed by atoms with E-state index in [1.54, 1.807) is 0 Å². The summed E-state index contributed by atoms with van der Waals surface area (Å²) in [6.07, 6.45) is 2.16. The highest BCUT2D eigenvalue weighted by molar-refractivity contribution is 7.94. The molecule has 2 aliphatic heterocycles. The van der Waals surface area contributed by atoms with Gasteiger partial charge in [0.25, 0.3) is 0 Å². The molecule has 0 saturated carbocycles. The predicted molar refractivity (Wildman–Crippen MR) is 75.6 cm³/mol. The number of amides is 1. The zero-order chi connectivity index (χ0) is 14.2. The highest BCUT2D eigenvalue weighted by Crippen LogP contribution is 2.16. The van der Waals surface area contributed by atoms with Gasteiger partial charge in [0.05, 0.1) is 17.8 Å².